The Morgan fingerprint density at radius 2 is 2.29 bits per heavy atom. The van der Waals surface area contributed by atoms with Crippen LogP contribution in [0.3, 0.4) is 0 Å². The lowest BCUT2D eigenvalue weighted by Crippen LogP contribution is -2.49. The van der Waals surface area contributed by atoms with Crippen LogP contribution in [0.15, 0.2) is 0 Å². The first-order chi connectivity index (χ1) is 11.5. The third-order valence-corrected chi connectivity index (χ3v) is 5.12. The van der Waals surface area contributed by atoms with Gasteiger partial charge in [0.15, 0.2) is 0 Å². The molecule has 0 saturated carbocycles. The standard InChI is InChI=1S/C17H27ClN4O2/c1-11(2)10-22-16(18)15(12(3)20-22)13-5-4-7-21(13)17(23)14-9-19-6-8-24-14/h11,13-14,19H,4-10H2,1-3H3/t13-,14+/m1/s1. The van der Waals surface area contributed by atoms with Crippen molar-refractivity contribution in [1.29, 1.82) is 0 Å². The maximum absolute atomic E-state index is 12.9. The number of carbonyl (C=O) groups is 1. The molecule has 2 atom stereocenters. The van der Waals surface area contributed by atoms with E-state index in [0.717, 1.165) is 43.7 Å². The summed E-state index contributed by atoms with van der Waals surface area (Å²) in [6.07, 6.45) is 1.53. The Morgan fingerprint density at radius 3 is 2.96 bits per heavy atom. The first-order valence-corrected chi connectivity index (χ1v) is 9.22. The number of aryl methyl sites for hydroxylation is 1. The largest absolute Gasteiger partial charge is 0.366 e. The number of rotatable bonds is 4. The second-order valence-electron chi connectivity index (χ2n) is 7.12. The minimum Gasteiger partial charge on any atom is -0.366 e. The van der Waals surface area contributed by atoms with Gasteiger partial charge in [-0.3, -0.25) is 9.48 Å². The Balaban J connectivity index is 1.82. The molecule has 134 valence electrons. The van der Waals surface area contributed by atoms with E-state index in [4.69, 9.17) is 16.3 Å². The van der Waals surface area contributed by atoms with Crippen LogP contribution in [-0.4, -0.2) is 52.9 Å². The van der Waals surface area contributed by atoms with Crippen molar-refractivity contribution in [3.05, 3.63) is 16.4 Å². The van der Waals surface area contributed by atoms with Crippen LogP contribution in [0, 0.1) is 12.8 Å². The molecule has 0 radical (unpaired) electrons. The second kappa shape index (κ2) is 7.42. The van der Waals surface area contributed by atoms with Crippen molar-refractivity contribution in [2.24, 2.45) is 5.92 Å². The lowest BCUT2D eigenvalue weighted by molar-refractivity contribution is -0.146. The molecule has 3 rings (SSSR count). The number of hydrogen-bond donors (Lipinski definition) is 1. The number of morpholine rings is 1. The van der Waals surface area contributed by atoms with E-state index in [1.54, 1.807) is 0 Å². The Kier molecular flexibility index (Phi) is 5.47. The van der Waals surface area contributed by atoms with Gasteiger partial charge in [0.2, 0.25) is 0 Å². The van der Waals surface area contributed by atoms with Gasteiger partial charge in [0, 0.05) is 31.7 Å². The van der Waals surface area contributed by atoms with Gasteiger partial charge in [0.05, 0.1) is 18.3 Å². The number of likely N-dealkylation sites (tertiary alicyclic amines) is 1. The molecule has 0 aliphatic carbocycles. The van der Waals surface area contributed by atoms with Crippen molar-refractivity contribution in [2.75, 3.05) is 26.2 Å². The molecule has 0 unspecified atom stereocenters. The molecule has 0 spiro atoms. The SMILES string of the molecule is Cc1nn(CC(C)C)c(Cl)c1[C@H]1CCCN1C(=O)[C@@H]1CNCCO1. The molecule has 3 heterocycles. The highest BCUT2D eigenvalue weighted by atomic mass is 35.5. The number of aromatic nitrogens is 2. The number of carbonyl (C=O) groups excluding carboxylic acids is 1. The maximum atomic E-state index is 12.9. The number of hydrogen-bond acceptors (Lipinski definition) is 4. The topological polar surface area (TPSA) is 59.4 Å². The molecule has 7 heteroatoms. The molecule has 2 aliphatic heterocycles. The average Bonchev–Trinajstić information content (AvgIpc) is 3.12. The Morgan fingerprint density at radius 1 is 1.50 bits per heavy atom. The Bertz CT molecular complexity index is 596. The Labute approximate surface area is 148 Å². The zero-order valence-electron chi connectivity index (χ0n) is 14.7. The molecule has 6 nitrogen and oxygen atoms in total. The molecular formula is C17H27ClN4O2. The van der Waals surface area contributed by atoms with Crippen molar-refractivity contribution in [3.63, 3.8) is 0 Å². The van der Waals surface area contributed by atoms with E-state index in [2.05, 4.69) is 24.3 Å². The smallest absolute Gasteiger partial charge is 0.253 e. The number of halogens is 1. The fourth-order valence-electron chi connectivity index (χ4n) is 3.65. The van der Waals surface area contributed by atoms with Crippen LogP contribution < -0.4 is 5.32 Å². The van der Waals surface area contributed by atoms with Crippen LogP contribution in [-0.2, 0) is 16.1 Å². The number of nitrogens with one attached hydrogen (secondary N) is 1. The highest BCUT2D eigenvalue weighted by Gasteiger charge is 2.37. The van der Waals surface area contributed by atoms with Crippen LogP contribution >= 0.6 is 11.6 Å². The summed E-state index contributed by atoms with van der Waals surface area (Å²) in [6, 6.07) is 0.0106. The summed E-state index contributed by atoms with van der Waals surface area (Å²) in [6.45, 7) is 9.79. The molecular weight excluding hydrogens is 328 g/mol. The van der Waals surface area contributed by atoms with Gasteiger partial charge in [-0.2, -0.15) is 5.10 Å². The second-order valence-corrected chi connectivity index (χ2v) is 7.48. The van der Waals surface area contributed by atoms with Gasteiger partial charge in [-0.25, -0.2) is 0 Å². The molecule has 0 bridgehead atoms. The molecule has 1 amide bonds. The maximum Gasteiger partial charge on any atom is 0.253 e. The lowest BCUT2D eigenvalue weighted by atomic mass is 10.1. The van der Waals surface area contributed by atoms with E-state index in [9.17, 15) is 4.79 Å². The predicted octanol–water partition coefficient (Wildman–Crippen LogP) is 2.15. The molecule has 1 N–H and O–H groups in total. The zero-order chi connectivity index (χ0) is 17.3. The van der Waals surface area contributed by atoms with E-state index in [1.165, 1.54) is 0 Å². The monoisotopic (exact) mass is 354 g/mol. The van der Waals surface area contributed by atoms with Crippen LogP contribution in [0.4, 0.5) is 0 Å². The van der Waals surface area contributed by atoms with E-state index in [1.807, 2.05) is 16.5 Å². The van der Waals surface area contributed by atoms with Crippen molar-refractivity contribution in [2.45, 2.75) is 52.3 Å². The minimum atomic E-state index is -0.385. The van der Waals surface area contributed by atoms with E-state index >= 15 is 0 Å². The first-order valence-electron chi connectivity index (χ1n) is 8.84. The van der Waals surface area contributed by atoms with Crippen LogP contribution in [0.1, 0.15) is 44.0 Å². The van der Waals surface area contributed by atoms with Crippen molar-refractivity contribution in [3.8, 4) is 0 Å². The predicted molar refractivity (Wildman–Crippen MR) is 93.1 cm³/mol. The summed E-state index contributed by atoms with van der Waals surface area (Å²) in [5.41, 5.74) is 1.93. The van der Waals surface area contributed by atoms with Gasteiger partial charge >= 0.3 is 0 Å². The zero-order valence-corrected chi connectivity index (χ0v) is 15.5. The molecule has 24 heavy (non-hydrogen) atoms. The summed E-state index contributed by atoms with van der Waals surface area (Å²) in [7, 11) is 0. The van der Waals surface area contributed by atoms with Gasteiger partial charge in [0.25, 0.3) is 5.91 Å². The van der Waals surface area contributed by atoms with E-state index < -0.39 is 0 Å². The third-order valence-electron chi connectivity index (χ3n) is 4.72. The van der Waals surface area contributed by atoms with Gasteiger partial charge in [-0.1, -0.05) is 25.4 Å². The Hall–Kier alpha value is -1.11. The van der Waals surface area contributed by atoms with E-state index in [0.29, 0.717) is 24.2 Å². The quantitative estimate of drug-likeness (QED) is 0.900. The number of nitrogens with zero attached hydrogens (tertiary/aromatic N) is 3. The van der Waals surface area contributed by atoms with Crippen molar-refractivity contribution >= 4 is 17.5 Å². The molecule has 0 aromatic carbocycles. The van der Waals surface area contributed by atoms with E-state index in [-0.39, 0.29) is 18.1 Å². The number of amides is 1. The fourth-order valence-corrected chi connectivity index (χ4v) is 4.02. The number of ether oxygens (including phenoxy) is 1. The fraction of sp³-hybridized carbons (Fsp3) is 0.765. The summed E-state index contributed by atoms with van der Waals surface area (Å²) in [4.78, 5) is 14.8. The summed E-state index contributed by atoms with van der Waals surface area (Å²) in [5, 5.41) is 8.51. The summed E-state index contributed by atoms with van der Waals surface area (Å²) < 4.78 is 7.52. The molecule has 1 aromatic heterocycles. The van der Waals surface area contributed by atoms with Crippen molar-refractivity contribution in [1.82, 2.24) is 20.0 Å². The van der Waals surface area contributed by atoms with Crippen LogP contribution in [0.5, 0.6) is 0 Å². The van der Waals surface area contributed by atoms with Crippen LogP contribution in [0.25, 0.3) is 0 Å². The highest BCUT2D eigenvalue weighted by Crippen LogP contribution is 2.38. The van der Waals surface area contributed by atoms with Crippen LogP contribution in [0.2, 0.25) is 5.15 Å². The highest BCUT2D eigenvalue weighted by molar-refractivity contribution is 6.30. The first kappa shape index (κ1) is 17.7. The normalized spacial score (nSPS) is 24.8. The minimum absolute atomic E-state index is 0.0106. The summed E-state index contributed by atoms with van der Waals surface area (Å²) >= 11 is 6.63. The third kappa shape index (κ3) is 3.46. The van der Waals surface area contributed by atoms with Gasteiger partial charge in [-0.05, 0) is 25.7 Å². The van der Waals surface area contributed by atoms with Gasteiger partial charge < -0.3 is 15.0 Å². The molecule has 2 saturated heterocycles. The molecule has 2 fully saturated rings. The van der Waals surface area contributed by atoms with Gasteiger partial charge in [0.1, 0.15) is 11.3 Å². The average molecular weight is 355 g/mol. The van der Waals surface area contributed by atoms with Crippen molar-refractivity contribution < 1.29 is 9.53 Å². The molecule has 2 aliphatic rings. The molecule has 1 aromatic rings. The lowest BCUT2D eigenvalue weighted by Gasteiger charge is -2.31. The summed E-state index contributed by atoms with van der Waals surface area (Å²) in [5.74, 6) is 0.537. The van der Waals surface area contributed by atoms with Gasteiger partial charge in [-0.15, -0.1) is 0 Å².